The average Bonchev–Trinajstić information content (AvgIpc) is 2.85. The molecule has 1 atom stereocenters. The Morgan fingerprint density at radius 2 is 2.25 bits per heavy atom. The van der Waals surface area contributed by atoms with Gasteiger partial charge in [0.05, 0.1) is 11.5 Å². The Morgan fingerprint density at radius 1 is 1.50 bits per heavy atom. The second-order valence-electron chi connectivity index (χ2n) is 4.95. The molecule has 1 saturated heterocycles. The van der Waals surface area contributed by atoms with E-state index in [1.165, 1.54) is 0 Å². The molecule has 1 fully saturated rings. The maximum absolute atomic E-state index is 12.3. The van der Waals surface area contributed by atoms with Crippen molar-refractivity contribution in [2.24, 2.45) is 0 Å². The summed E-state index contributed by atoms with van der Waals surface area (Å²) in [6.07, 6.45) is 0.682. The first kappa shape index (κ1) is 15.9. The van der Waals surface area contributed by atoms with Crippen LogP contribution in [0.4, 0.5) is 0 Å². The lowest BCUT2D eigenvalue weighted by Crippen LogP contribution is -2.45. The van der Waals surface area contributed by atoms with Crippen molar-refractivity contribution in [3.05, 3.63) is 28.2 Å². The van der Waals surface area contributed by atoms with Crippen molar-refractivity contribution in [3.8, 4) is 0 Å². The van der Waals surface area contributed by atoms with Gasteiger partial charge in [-0.2, -0.15) is 0 Å². The molecular weight excluding hydrogens is 346 g/mol. The molecule has 1 aliphatic heterocycles. The minimum atomic E-state index is -3.58. The largest absolute Gasteiger partial charge is 0.378 e. The maximum Gasteiger partial charge on any atom is 0.241 e. The third-order valence-corrected chi connectivity index (χ3v) is 5.84. The fourth-order valence-electron chi connectivity index (χ4n) is 2.09. The zero-order valence-electron chi connectivity index (χ0n) is 11.5. The van der Waals surface area contributed by atoms with E-state index in [1.807, 2.05) is 6.92 Å². The van der Waals surface area contributed by atoms with Crippen LogP contribution in [-0.2, 0) is 19.5 Å². The van der Waals surface area contributed by atoms with Gasteiger partial charge in [-0.15, -0.1) is 0 Å². The highest BCUT2D eigenvalue weighted by Gasteiger charge is 2.36. The van der Waals surface area contributed by atoms with Gasteiger partial charge in [-0.1, -0.05) is 6.07 Å². The first-order valence-electron chi connectivity index (χ1n) is 6.27. The van der Waals surface area contributed by atoms with Gasteiger partial charge in [-0.3, -0.25) is 0 Å². The lowest BCUT2D eigenvalue weighted by Gasteiger charge is -2.25. The number of benzene rings is 1. The lowest BCUT2D eigenvalue weighted by molar-refractivity contribution is -0.0120. The van der Waals surface area contributed by atoms with Crippen molar-refractivity contribution in [1.82, 2.24) is 4.72 Å². The summed E-state index contributed by atoms with van der Waals surface area (Å²) < 4.78 is 38.6. The highest BCUT2D eigenvalue weighted by molar-refractivity contribution is 9.10. The topological polar surface area (TPSA) is 64.6 Å². The Hall–Kier alpha value is -0.470. The second kappa shape index (κ2) is 6.11. The monoisotopic (exact) mass is 363 g/mol. The molecule has 5 nitrogen and oxygen atoms in total. The Labute approximate surface area is 127 Å². The molecule has 0 bridgehead atoms. The van der Waals surface area contributed by atoms with E-state index in [4.69, 9.17) is 9.47 Å². The van der Waals surface area contributed by atoms with E-state index < -0.39 is 15.6 Å². The van der Waals surface area contributed by atoms with E-state index >= 15 is 0 Å². The summed E-state index contributed by atoms with van der Waals surface area (Å²) in [4.78, 5) is 0.230. The predicted molar refractivity (Wildman–Crippen MR) is 79.2 cm³/mol. The summed E-state index contributed by atoms with van der Waals surface area (Å²) in [6.45, 7) is 3.10. The molecule has 1 heterocycles. The maximum atomic E-state index is 12.3. The van der Waals surface area contributed by atoms with E-state index in [-0.39, 0.29) is 11.4 Å². The van der Waals surface area contributed by atoms with Gasteiger partial charge in [0.1, 0.15) is 5.60 Å². The van der Waals surface area contributed by atoms with Crippen LogP contribution in [0.5, 0.6) is 0 Å². The molecule has 0 aromatic heterocycles. The first-order valence-corrected chi connectivity index (χ1v) is 8.55. The molecular formula is C13H18BrNO4S. The summed E-state index contributed by atoms with van der Waals surface area (Å²) >= 11 is 3.29. The normalized spacial score (nSPS) is 23.1. The van der Waals surface area contributed by atoms with E-state index in [0.717, 1.165) is 5.56 Å². The van der Waals surface area contributed by atoms with Gasteiger partial charge in [-0.25, -0.2) is 13.1 Å². The molecule has 1 N–H and O–H groups in total. The molecule has 0 aliphatic carbocycles. The summed E-state index contributed by atoms with van der Waals surface area (Å²) in [7, 11) is -2.00. The number of nitrogens with one attached hydrogen (secondary N) is 1. The zero-order valence-corrected chi connectivity index (χ0v) is 13.9. The van der Waals surface area contributed by atoms with Crippen molar-refractivity contribution in [3.63, 3.8) is 0 Å². The van der Waals surface area contributed by atoms with Gasteiger partial charge in [-0.05, 0) is 40.5 Å². The zero-order chi connectivity index (χ0) is 14.8. The minimum absolute atomic E-state index is 0.201. The number of ether oxygens (including phenoxy) is 2. The summed E-state index contributed by atoms with van der Waals surface area (Å²) in [5.41, 5.74) is 0.429. The Morgan fingerprint density at radius 3 is 2.80 bits per heavy atom. The van der Waals surface area contributed by atoms with E-state index in [2.05, 4.69) is 20.7 Å². The summed E-state index contributed by atoms with van der Waals surface area (Å²) in [6, 6.07) is 5.13. The first-order chi connectivity index (χ1) is 9.38. The van der Waals surface area contributed by atoms with E-state index in [1.54, 1.807) is 25.3 Å². The molecule has 0 radical (unpaired) electrons. The standard InChI is InChI=1S/C13H18BrNO4S/c1-10-3-4-12(11(14)7-10)20(16,17)15-8-13(18-2)5-6-19-9-13/h3-4,7,15H,5-6,8-9H2,1-2H3. The molecule has 0 spiro atoms. The van der Waals surface area contributed by atoms with Gasteiger partial charge >= 0.3 is 0 Å². The molecule has 0 amide bonds. The summed E-state index contributed by atoms with van der Waals surface area (Å²) in [5.74, 6) is 0. The lowest BCUT2D eigenvalue weighted by atomic mass is 10.0. The van der Waals surface area contributed by atoms with Gasteiger partial charge in [0, 0.05) is 31.2 Å². The van der Waals surface area contributed by atoms with Crippen LogP contribution in [0.3, 0.4) is 0 Å². The number of sulfonamides is 1. The number of rotatable bonds is 5. The van der Waals surface area contributed by atoms with Crippen molar-refractivity contribution in [1.29, 1.82) is 0 Å². The van der Waals surface area contributed by atoms with Gasteiger partial charge in [0.2, 0.25) is 10.0 Å². The van der Waals surface area contributed by atoms with Crippen LogP contribution in [0.15, 0.2) is 27.6 Å². The quantitative estimate of drug-likeness (QED) is 0.866. The molecule has 7 heteroatoms. The number of methoxy groups -OCH3 is 1. The molecule has 1 aromatic rings. The highest BCUT2D eigenvalue weighted by atomic mass is 79.9. The van der Waals surface area contributed by atoms with Crippen molar-refractivity contribution in [2.75, 3.05) is 26.9 Å². The number of hydrogen-bond donors (Lipinski definition) is 1. The summed E-state index contributed by atoms with van der Waals surface area (Å²) in [5, 5.41) is 0. The fourth-order valence-corrected chi connectivity index (χ4v) is 4.39. The van der Waals surface area contributed by atoms with Crippen LogP contribution >= 0.6 is 15.9 Å². The Bertz CT molecular complexity index is 582. The minimum Gasteiger partial charge on any atom is -0.378 e. The van der Waals surface area contributed by atoms with Gasteiger partial charge < -0.3 is 9.47 Å². The molecule has 20 heavy (non-hydrogen) atoms. The fraction of sp³-hybridized carbons (Fsp3) is 0.538. The molecule has 0 saturated carbocycles. The SMILES string of the molecule is COC1(CNS(=O)(=O)c2ccc(C)cc2Br)CCOC1. The molecule has 1 aliphatic rings. The highest BCUT2D eigenvalue weighted by Crippen LogP contribution is 2.25. The van der Waals surface area contributed by atoms with Crippen LogP contribution < -0.4 is 4.72 Å². The Balaban J connectivity index is 2.15. The molecule has 112 valence electrons. The molecule has 1 unspecified atom stereocenters. The third kappa shape index (κ3) is 3.40. The van der Waals surface area contributed by atoms with E-state index in [0.29, 0.717) is 24.1 Å². The van der Waals surface area contributed by atoms with Crippen LogP contribution in [-0.4, -0.2) is 40.9 Å². The molecule has 2 rings (SSSR count). The smallest absolute Gasteiger partial charge is 0.241 e. The molecule has 1 aromatic carbocycles. The third-order valence-electron chi connectivity index (χ3n) is 3.46. The van der Waals surface area contributed by atoms with Crippen LogP contribution in [0.1, 0.15) is 12.0 Å². The van der Waals surface area contributed by atoms with Crippen molar-refractivity contribution >= 4 is 26.0 Å². The van der Waals surface area contributed by atoms with Crippen LogP contribution in [0.2, 0.25) is 0 Å². The van der Waals surface area contributed by atoms with Crippen LogP contribution in [0, 0.1) is 6.92 Å². The average molecular weight is 364 g/mol. The van der Waals surface area contributed by atoms with Crippen molar-refractivity contribution < 1.29 is 17.9 Å². The van der Waals surface area contributed by atoms with Crippen molar-refractivity contribution in [2.45, 2.75) is 23.8 Å². The number of aryl methyl sites for hydroxylation is 1. The second-order valence-corrected chi connectivity index (χ2v) is 7.54. The Kier molecular flexibility index (Phi) is 4.86. The predicted octanol–water partition coefficient (Wildman–Crippen LogP) is 1.84. The number of halogens is 1. The number of hydrogen-bond acceptors (Lipinski definition) is 4. The van der Waals surface area contributed by atoms with Gasteiger partial charge in [0.25, 0.3) is 0 Å². The van der Waals surface area contributed by atoms with E-state index in [9.17, 15) is 8.42 Å². The van der Waals surface area contributed by atoms with Gasteiger partial charge in [0.15, 0.2) is 0 Å². The van der Waals surface area contributed by atoms with Crippen LogP contribution in [0.25, 0.3) is 0 Å².